The highest BCUT2D eigenvalue weighted by atomic mass is 16.1. The van der Waals surface area contributed by atoms with Crippen LogP contribution in [0.1, 0.15) is 23.2 Å². The Kier molecular flexibility index (Phi) is 5.75. The molecule has 1 atom stereocenters. The van der Waals surface area contributed by atoms with Crippen molar-refractivity contribution < 1.29 is 4.79 Å². The normalized spacial score (nSPS) is 19.0. The largest absolute Gasteiger partial charge is 0.370 e. The van der Waals surface area contributed by atoms with E-state index in [0.29, 0.717) is 18.0 Å². The van der Waals surface area contributed by atoms with Crippen LogP contribution in [-0.4, -0.2) is 49.0 Å². The van der Waals surface area contributed by atoms with Crippen LogP contribution in [0.3, 0.4) is 0 Å². The monoisotopic (exact) mass is 288 g/mol. The number of carbonyl (C=O) groups is 1. The number of carbonyl (C=O) groups excluding carboxylic acids is 1. The summed E-state index contributed by atoms with van der Waals surface area (Å²) in [6, 6.07) is 3.65. The lowest BCUT2D eigenvalue weighted by Crippen LogP contribution is -2.35. The molecule has 1 saturated heterocycles. The van der Waals surface area contributed by atoms with Gasteiger partial charge in [0.1, 0.15) is 5.82 Å². The molecule has 1 aromatic heterocycles. The van der Waals surface area contributed by atoms with Crippen LogP contribution in [0.2, 0.25) is 0 Å². The zero-order valence-electron chi connectivity index (χ0n) is 12.6. The molecule has 5 nitrogen and oxygen atoms in total. The van der Waals surface area contributed by atoms with Crippen LogP contribution in [0.15, 0.2) is 31.0 Å². The van der Waals surface area contributed by atoms with Crippen molar-refractivity contribution in [2.24, 2.45) is 5.92 Å². The Balaban J connectivity index is 1.81. The quantitative estimate of drug-likeness (QED) is 0.783. The van der Waals surface area contributed by atoms with Gasteiger partial charge in [-0.05, 0) is 44.5 Å². The van der Waals surface area contributed by atoms with Crippen molar-refractivity contribution in [1.82, 2.24) is 15.2 Å². The lowest BCUT2D eigenvalue weighted by molar-refractivity contribution is 0.0957. The zero-order chi connectivity index (χ0) is 15.1. The summed E-state index contributed by atoms with van der Waals surface area (Å²) in [7, 11) is 2.17. The Morgan fingerprint density at radius 1 is 1.57 bits per heavy atom. The van der Waals surface area contributed by atoms with Gasteiger partial charge in [-0.25, -0.2) is 4.98 Å². The van der Waals surface area contributed by atoms with Crippen LogP contribution < -0.4 is 10.6 Å². The van der Waals surface area contributed by atoms with Crippen LogP contribution in [0.4, 0.5) is 5.82 Å². The average Bonchev–Trinajstić information content (AvgIpc) is 2.51. The van der Waals surface area contributed by atoms with Gasteiger partial charge in [-0.2, -0.15) is 0 Å². The van der Waals surface area contributed by atoms with E-state index in [1.165, 1.54) is 19.4 Å². The van der Waals surface area contributed by atoms with Crippen LogP contribution in [-0.2, 0) is 0 Å². The fourth-order valence-corrected chi connectivity index (χ4v) is 2.59. The van der Waals surface area contributed by atoms with Crippen molar-refractivity contribution in [2.75, 3.05) is 38.5 Å². The Bertz CT molecular complexity index is 472. The van der Waals surface area contributed by atoms with E-state index < -0.39 is 0 Å². The van der Waals surface area contributed by atoms with Gasteiger partial charge in [0.2, 0.25) is 0 Å². The second-order valence-corrected chi connectivity index (χ2v) is 5.58. The molecule has 1 aromatic rings. The third-order valence-corrected chi connectivity index (χ3v) is 3.73. The van der Waals surface area contributed by atoms with Crippen molar-refractivity contribution in [3.05, 3.63) is 36.5 Å². The van der Waals surface area contributed by atoms with Gasteiger partial charge in [0.05, 0.1) is 5.56 Å². The molecule has 1 aliphatic rings. The van der Waals surface area contributed by atoms with E-state index in [4.69, 9.17) is 0 Å². The topological polar surface area (TPSA) is 57.3 Å². The Hall–Kier alpha value is -1.88. The molecule has 0 aliphatic carbocycles. The Morgan fingerprint density at radius 2 is 2.43 bits per heavy atom. The first kappa shape index (κ1) is 15.5. The van der Waals surface area contributed by atoms with Gasteiger partial charge in [0.15, 0.2) is 0 Å². The standard InChI is InChI=1S/C16H24N4O/c1-3-8-17-16(21)14-6-7-15(19-11-14)18-10-13-5-4-9-20(2)12-13/h3,6-7,11,13H,1,4-5,8-10,12H2,2H3,(H,17,21)(H,18,19). The van der Waals surface area contributed by atoms with Crippen LogP contribution >= 0.6 is 0 Å². The fraction of sp³-hybridized carbons (Fsp3) is 0.500. The number of likely N-dealkylation sites (tertiary alicyclic amines) is 1. The molecular weight excluding hydrogens is 264 g/mol. The van der Waals surface area contributed by atoms with Crippen molar-refractivity contribution in [1.29, 1.82) is 0 Å². The number of anilines is 1. The van der Waals surface area contributed by atoms with E-state index in [1.807, 2.05) is 6.07 Å². The van der Waals surface area contributed by atoms with Crippen molar-refractivity contribution in [3.8, 4) is 0 Å². The van der Waals surface area contributed by atoms with Gasteiger partial charge < -0.3 is 15.5 Å². The van der Waals surface area contributed by atoms with E-state index in [0.717, 1.165) is 18.9 Å². The molecule has 0 bridgehead atoms. The summed E-state index contributed by atoms with van der Waals surface area (Å²) in [6.45, 7) is 7.30. The van der Waals surface area contributed by atoms with Gasteiger partial charge in [-0.15, -0.1) is 6.58 Å². The molecule has 2 N–H and O–H groups in total. The first-order valence-corrected chi connectivity index (χ1v) is 7.46. The van der Waals surface area contributed by atoms with E-state index in [1.54, 1.807) is 18.3 Å². The Morgan fingerprint density at radius 3 is 3.10 bits per heavy atom. The van der Waals surface area contributed by atoms with Crippen molar-refractivity contribution in [3.63, 3.8) is 0 Å². The average molecular weight is 288 g/mol. The molecule has 21 heavy (non-hydrogen) atoms. The summed E-state index contributed by atoms with van der Waals surface area (Å²) in [5.41, 5.74) is 0.569. The minimum atomic E-state index is -0.122. The number of nitrogens with zero attached hydrogens (tertiary/aromatic N) is 2. The molecule has 5 heteroatoms. The molecular formula is C16H24N4O. The van der Waals surface area contributed by atoms with Gasteiger partial charge >= 0.3 is 0 Å². The number of hydrogen-bond acceptors (Lipinski definition) is 4. The molecule has 2 rings (SSSR count). The fourth-order valence-electron chi connectivity index (χ4n) is 2.59. The smallest absolute Gasteiger partial charge is 0.253 e. The number of hydrogen-bond donors (Lipinski definition) is 2. The van der Waals surface area contributed by atoms with Gasteiger partial charge in [-0.3, -0.25) is 4.79 Å². The molecule has 0 radical (unpaired) electrons. The lowest BCUT2D eigenvalue weighted by Gasteiger charge is -2.29. The summed E-state index contributed by atoms with van der Waals surface area (Å²) in [6.07, 6.45) is 5.79. The molecule has 1 fully saturated rings. The predicted octanol–water partition coefficient (Wildman–Crippen LogP) is 1.75. The molecule has 1 amide bonds. The molecule has 1 aliphatic heterocycles. The number of rotatable bonds is 6. The maximum Gasteiger partial charge on any atom is 0.253 e. The summed E-state index contributed by atoms with van der Waals surface area (Å²) >= 11 is 0. The minimum absolute atomic E-state index is 0.122. The summed E-state index contributed by atoms with van der Waals surface area (Å²) < 4.78 is 0. The van der Waals surface area contributed by atoms with E-state index >= 15 is 0 Å². The summed E-state index contributed by atoms with van der Waals surface area (Å²) in [5.74, 6) is 1.37. The maximum atomic E-state index is 11.7. The van der Waals surface area contributed by atoms with Crippen LogP contribution in [0.25, 0.3) is 0 Å². The van der Waals surface area contributed by atoms with Gasteiger partial charge in [-0.1, -0.05) is 6.08 Å². The third kappa shape index (κ3) is 4.86. The van der Waals surface area contributed by atoms with E-state index in [-0.39, 0.29) is 5.91 Å². The molecule has 114 valence electrons. The molecule has 2 heterocycles. The second-order valence-electron chi connectivity index (χ2n) is 5.58. The first-order chi connectivity index (χ1) is 10.2. The Labute approximate surface area is 126 Å². The van der Waals surface area contributed by atoms with Crippen molar-refractivity contribution >= 4 is 11.7 Å². The van der Waals surface area contributed by atoms with Crippen LogP contribution in [0.5, 0.6) is 0 Å². The van der Waals surface area contributed by atoms with E-state index in [9.17, 15) is 4.79 Å². The van der Waals surface area contributed by atoms with Gasteiger partial charge in [0, 0.05) is 25.8 Å². The molecule has 0 aromatic carbocycles. The van der Waals surface area contributed by atoms with Gasteiger partial charge in [0.25, 0.3) is 5.91 Å². The molecule has 0 saturated carbocycles. The highest BCUT2D eigenvalue weighted by Crippen LogP contribution is 2.15. The summed E-state index contributed by atoms with van der Waals surface area (Å²) in [4.78, 5) is 18.4. The number of piperidine rings is 1. The predicted molar refractivity (Wildman–Crippen MR) is 85.5 cm³/mol. The number of amides is 1. The van der Waals surface area contributed by atoms with E-state index in [2.05, 4.69) is 34.1 Å². The number of aromatic nitrogens is 1. The number of nitrogens with one attached hydrogen (secondary N) is 2. The lowest BCUT2D eigenvalue weighted by atomic mass is 9.98. The minimum Gasteiger partial charge on any atom is -0.370 e. The summed E-state index contributed by atoms with van der Waals surface area (Å²) in [5, 5.41) is 6.09. The zero-order valence-corrected chi connectivity index (χ0v) is 12.6. The van der Waals surface area contributed by atoms with Crippen LogP contribution in [0, 0.1) is 5.92 Å². The third-order valence-electron chi connectivity index (χ3n) is 3.73. The molecule has 1 unspecified atom stereocenters. The maximum absolute atomic E-state index is 11.7. The van der Waals surface area contributed by atoms with Crippen molar-refractivity contribution in [2.45, 2.75) is 12.8 Å². The highest BCUT2D eigenvalue weighted by Gasteiger charge is 2.16. The first-order valence-electron chi connectivity index (χ1n) is 7.46. The molecule has 0 spiro atoms. The number of pyridine rings is 1. The highest BCUT2D eigenvalue weighted by molar-refractivity contribution is 5.94. The SMILES string of the molecule is C=CCNC(=O)c1ccc(NCC2CCCN(C)C2)nc1. The second kappa shape index (κ2) is 7.78.